The van der Waals surface area contributed by atoms with Crippen molar-refractivity contribution in [2.45, 2.75) is 6.42 Å². The van der Waals surface area contributed by atoms with Crippen molar-refractivity contribution >= 4 is 8.69 Å². The molecule has 0 radical (unpaired) electrons. The van der Waals surface area contributed by atoms with Crippen molar-refractivity contribution in [3.8, 4) is 0 Å². The van der Waals surface area contributed by atoms with E-state index in [0.717, 1.165) is 0 Å². The zero-order chi connectivity index (χ0) is 5.54. The summed E-state index contributed by atoms with van der Waals surface area (Å²) >= 11 is 0. The summed E-state index contributed by atoms with van der Waals surface area (Å²) in [5.41, 5.74) is 0. The molecule has 0 aliphatic rings. The van der Waals surface area contributed by atoms with Crippen LogP contribution in [-0.4, -0.2) is 18.3 Å². The van der Waals surface area contributed by atoms with Crippen molar-refractivity contribution in [1.82, 2.24) is 0 Å². The molecule has 0 rings (SSSR count). The van der Waals surface area contributed by atoms with Crippen molar-refractivity contribution in [1.29, 1.82) is 0 Å². The highest BCUT2D eigenvalue weighted by Crippen LogP contribution is 1.93. The second-order valence-electron chi connectivity index (χ2n) is 1.01. The fourth-order valence-corrected chi connectivity index (χ4v) is 0.406. The minimum absolute atomic E-state index is 0.102. The Morgan fingerprint density at radius 3 is 2.86 bits per heavy atom. The summed E-state index contributed by atoms with van der Waals surface area (Å²) in [5.74, 6) is 0. The lowest BCUT2D eigenvalue weighted by atomic mass is 10.5. The topological polar surface area (TPSA) is 46.5 Å². The first-order chi connectivity index (χ1) is 3.41. The minimum atomic E-state index is -0.693. The molecule has 0 aromatic carbocycles. The zero-order valence-corrected chi connectivity index (χ0v) is 4.89. The average molecular weight is 123 g/mol. The molecule has 0 aliphatic heterocycles. The van der Waals surface area contributed by atoms with Gasteiger partial charge in [0.05, 0.1) is 0 Å². The Balaban J connectivity index is 2.56. The van der Waals surface area contributed by atoms with Crippen molar-refractivity contribution in [3.05, 3.63) is 0 Å². The summed E-state index contributed by atoms with van der Waals surface area (Å²) in [6.45, 7) is 0.489. The number of aliphatic hydroxyl groups is 1. The Kier molecular flexibility index (Phi) is 6.04. The summed E-state index contributed by atoms with van der Waals surface area (Å²) in [5, 5.41) is 8.11. The van der Waals surface area contributed by atoms with Gasteiger partial charge in [0.25, 0.3) is 0 Å². The first-order valence-electron chi connectivity index (χ1n) is 2.01. The van der Waals surface area contributed by atoms with Crippen LogP contribution in [-0.2, 0) is 9.09 Å². The maximum Gasteiger partial charge on any atom is 0.494 e. The van der Waals surface area contributed by atoms with Gasteiger partial charge in [0, 0.05) is 6.61 Å². The molecule has 0 aromatic rings. The van der Waals surface area contributed by atoms with Gasteiger partial charge in [-0.05, 0) is 11.0 Å². The highest BCUT2D eigenvalue weighted by atomic mass is 31.1. The van der Waals surface area contributed by atoms with E-state index in [4.69, 9.17) is 5.11 Å². The van der Waals surface area contributed by atoms with Crippen LogP contribution in [0.15, 0.2) is 0 Å². The molecule has 0 bridgehead atoms. The number of rotatable bonds is 4. The smallest absolute Gasteiger partial charge is 0.396 e. The molecule has 1 atom stereocenters. The van der Waals surface area contributed by atoms with Gasteiger partial charge in [-0.25, -0.2) is 0 Å². The number of hydrogen-bond acceptors (Lipinski definition) is 3. The average Bonchev–Trinajstić information content (AvgIpc) is 1.69. The van der Waals surface area contributed by atoms with Crippen LogP contribution < -0.4 is 0 Å². The molecule has 0 spiro atoms. The Bertz CT molecular complexity index is 47.4. The standard InChI is InChI=1S/C3H8O3P/c4-2-1-3-6-7-5/h4,7H,1-3H2/q+1. The normalized spacial score (nSPS) is 9.86. The quantitative estimate of drug-likeness (QED) is 0.432. The molecule has 0 aromatic heterocycles. The van der Waals surface area contributed by atoms with Gasteiger partial charge in [0.1, 0.15) is 6.61 Å². The fraction of sp³-hybridized carbons (Fsp3) is 1.00. The van der Waals surface area contributed by atoms with Gasteiger partial charge in [0.2, 0.25) is 0 Å². The zero-order valence-electron chi connectivity index (χ0n) is 3.89. The van der Waals surface area contributed by atoms with Crippen LogP contribution in [0.2, 0.25) is 0 Å². The van der Waals surface area contributed by atoms with Crippen LogP contribution >= 0.6 is 8.69 Å². The van der Waals surface area contributed by atoms with Crippen molar-refractivity contribution in [3.63, 3.8) is 0 Å². The SMILES string of the molecule is O=[PH+]OCCCO. The van der Waals surface area contributed by atoms with Crippen LogP contribution in [0.3, 0.4) is 0 Å². The second kappa shape index (κ2) is 6.02. The summed E-state index contributed by atoms with van der Waals surface area (Å²) in [6.07, 6.45) is 0.565. The van der Waals surface area contributed by atoms with Gasteiger partial charge in [-0.2, -0.15) is 0 Å². The molecule has 42 valence electrons. The Hall–Kier alpha value is 0.0200. The molecule has 0 saturated carbocycles. The van der Waals surface area contributed by atoms with Crippen molar-refractivity contribution < 1.29 is 14.2 Å². The molecule has 3 nitrogen and oxygen atoms in total. The van der Waals surface area contributed by atoms with E-state index < -0.39 is 8.69 Å². The minimum Gasteiger partial charge on any atom is -0.396 e. The molecule has 0 heterocycles. The van der Waals surface area contributed by atoms with E-state index in [0.29, 0.717) is 13.0 Å². The third-order valence-corrected chi connectivity index (χ3v) is 0.785. The van der Waals surface area contributed by atoms with Gasteiger partial charge in [-0.1, -0.05) is 0 Å². The molecule has 7 heavy (non-hydrogen) atoms. The van der Waals surface area contributed by atoms with E-state index in [2.05, 4.69) is 4.52 Å². The van der Waals surface area contributed by atoms with Gasteiger partial charge in [-0.3, -0.25) is 0 Å². The van der Waals surface area contributed by atoms with Crippen LogP contribution in [0.4, 0.5) is 0 Å². The largest absolute Gasteiger partial charge is 0.494 e. The number of aliphatic hydroxyl groups excluding tert-OH is 1. The summed E-state index contributed by atoms with van der Waals surface area (Å²) < 4.78 is 13.9. The third-order valence-electron chi connectivity index (χ3n) is 0.463. The predicted molar refractivity (Wildman–Crippen MR) is 26.7 cm³/mol. The molecular formula is C3H8O3P+. The monoisotopic (exact) mass is 123 g/mol. The summed E-state index contributed by atoms with van der Waals surface area (Å²) in [6, 6.07) is 0. The first-order valence-corrected chi connectivity index (χ1v) is 2.83. The molecule has 0 amide bonds. The highest BCUT2D eigenvalue weighted by molar-refractivity contribution is 7.17. The van der Waals surface area contributed by atoms with Gasteiger partial charge >= 0.3 is 8.69 Å². The molecular weight excluding hydrogens is 115 g/mol. The van der Waals surface area contributed by atoms with E-state index in [-0.39, 0.29) is 6.61 Å². The lowest BCUT2D eigenvalue weighted by Gasteiger charge is -1.81. The predicted octanol–water partition coefficient (Wildman–Crippen LogP) is 0.324. The van der Waals surface area contributed by atoms with E-state index >= 15 is 0 Å². The van der Waals surface area contributed by atoms with E-state index in [9.17, 15) is 4.57 Å². The Labute approximate surface area is 43.6 Å². The highest BCUT2D eigenvalue weighted by Gasteiger charge is 1.87. The fourth-order valence-electron chi connectivity index (χ4n) is 0.178. The van der Waals surface area contributed by atoms with E-state index in [1.54, 1.807) is 0 Å². The third kappa shape index (κ3) is 6.02. The molecule has 0 fully saturated rings. The van der Waals surface area contributed by atoms with E-state index in [1.807, 2.05) is 0 Å². The van der Waals surface area contributed by atoms with Crippen molar-refractivity contribution in [2.24, 2.45) is 0 Å². The Morgan fingerprint density at radius 1 is 1.71 bits per heavy atom. The van der Waals surface area contributed by atoms with Crippen LogP contribution in [0, 0.1) is 0 Å². The van der Waals surface area contributed by atoms with Gasteiger partial charge < -0.3 is 5.11 Å². The number of hydrogen-bond donors (Lipinski definition) is 1. The van der Waals surface area contributed by atoms with Gasteiger partial charge in [0.15, 0.2) is 0 Å². The maximum absolute atomic E-state index is 9.53. The lowest BCUT2D eigenvalue weighted by molar-refractivity contribution is 0.243. The van der Waals surface area contributed by atoms with Crippen molar-refractivity contribution in [2.75, 3.05) is 13.2 Å². The molecule has 1 N–H and O–H groups in total. The summed E-state index contributed by atoms with van der Waals surface area (Å²) in [7, 11) is -0.693. The summed E-state index contributed by atoms with van der Waals surface area (Å²) in [4.78, 5) is 0. The van der Waals surface area contributed by atoms with E-state index in [1.165, 1.54) is 0 Å². The first kappa shape index (κ1) is 7.02. The van der Waals surface area contributed by atoms with Crippen LogP contribution in [0.25, 0.3) is 0 Å². The van der Waals surface area contributed by atoms with Crippen LogP contribution in [0.5, 0.6) is 0 Å². The molecule has 0 saturated heterocycles. The molecule has 0 aliphatic carbocycles. The maximum atomic E-state index is 9.53. The lowest BCUT2D eigenvalue weighted by Crippen LogP contribution is -1.87. The molecule has 4 heteroatoms. The van der Waals surface area contributed by atoms with Crippen LogP contribution in [0.1, 0.15) is 6.42 Å². The molecule has 1 unspecified atom stereocenters. The second-order valence-corrected chi connectivity index (χ2v) is 1.46. The Morgan fingerprint density at radius 2 is 2.43 bits per heavy atom. The van der Waals surface area contributed by atoms with Gasteiger partial charge in [-0.15, -0.1) is 4.52 Å².